The van der Waals surface area contributed by atoms with Crippen molar-refractivity contribution in [1.82, 2.24) is 0 Å². The number of aliphatic hydroxyl groups excluding tert-OH is 1. The molecule has 3 aromatic carbocycles. The van der Waals surface area contributed by atoms with Gasteiger partial charge in [0.2, 0.25) is 5.91 Å². The Hall–Kier alpha value is -3.82. The van der Waals surface area contributed by atoms with Gasteiger partial charge >= 0.3 is 6.09 Å². The summed E-state index contributed by atoms with van der Waals surface area (Å²) in [6.45, 7) is 1.84. The molecule has 188 valence electrons. The fourth-order valence-corrected chi connectivity index (χ4v) is 3.61. The summed E-state index contributed by atoms with van der Waals surface area (Å²) in [5.41, 5.74) is 8.10. The quantitative estimate of drug-likeness (QED) is 0.193. The van der Waals surface area contributed by atoms with Crippen molar-refractivity contribution in [3.05, 3.63) is 95.0 Å². The van der Waals surface area contributed by atoms with E-state index in [4.69, 9.17) is 20.3 Å². The highest BCUT2D eigenvalue weighted by Crippen LogP contribution is 2.30. The van der Waals surface area contributed by atoms with Crippen LogP contribution in [0, 0.1) is 5.92 Å². The molecule has 0 saturated carbocycles. The molecule has 0 saturated heterocycles. The van der Waals surface area contributed by atoms with E-state index < -0.39 is 12.2 Å². The number of hydrogen-bond donors (Lipinski definition) is 4. The molecular formula is C27H28BrN3O5. The molecule has 9 heteroatoms. The van der Waals surface area contributed by atoms with Crippen LogP contribution in [0.3, 0.4) is 0 Å². The highest BCUT2D eigenvalue weighted by Gasteiger charge is 2.23. The SMILES string of the molecule is C[C@@H](/C=C/C(=O)Nc1ccccc1N)[C@H](OC(=O)Nc1ccc(Br)cc1)c1cccc(OCCO)c1. The zero-order chi connectivity index (χ0) is 25.9. The number of amides is 2. The van der Waals surface area contributed by atoms with E-state index in [2.05, 4.69) is 26.6 Å². The van der Waals surface area contributed by atoms with Crippen molar-refractivity contribution in [3.63, 3.8) is 0 Å². The Bertz CT molecular complexity index is 1200. The standard InChI is InChI=1S/C27H28BrN3O5/c1-18(9-14-25(33)31-24-8-3-2-7-23(24)29)26(19-5-4-6-22(17-19)35-16-15-32)36-27(34)30-21-12-10-20(28)11-13-21/h2-14,17-18,26,32H,15-16,29H2,1H3,(H,30,34)(H,31,33)/b14-9+/t18-,26-/m0/s1. The van der Waals surface area contributed by atoms with Crippen LogP contribution in [-0.2, 0) is 9.53 Å². The third kappa shape index (κ3) is 8.14. The fourth-order valence-electron chi connectivity index (χ4n) is 3.34. The van der Waals surface area contributed by atoms with Gasteiger partial charge in [-0.2, -0.15) is 0 Å². The molecule has 3 aromatic rings. The van der Waals surface area contributed by atoms with E-state index in [0.29, 0.717) is 28.4 Å². The number of ether oxygens (including phenoxy) is 2. The molecule has 0 bridgehead atoms. The molecule has 3 rings (SSSR count). The van der Waals surface area contributed by atoms with Crippen molar-refractivity contribution < 1.29 is 24.2 Å². The second-order valence-corrected chi connectivity index (χ2v) is 8.81. The van der Waals surface area contributed by atoms with Crippen LogP contribution < -0.4 is 21.1 Å². The predicted octanol–water partition coefficient (Wildman–Crippen LogP) is 5.52. The minimum Gasteiger partial charge on any atom is -0.491 e. The van der Waals surface area contributed by atoms with Gasteiger partial charge in [-0.25, -0.2) is 4.79 Å². The number of anilines is 3. The minimum atomic E-state index is -0.732. The smallest absolute Gasteiger partial charge is 0.412 e. The van der Waals surface area contributed by atoms with Crippen molar-refractivity contribution in [1.29, 1.82) is 0 Å². The van der Waals surface area contributed by atoms with Gasteiger partial charge in [-0.05, 0) is 60.2 Å². The summed E-state index contributed by atoms with van der Waals surface area (Å²) < 4.78 is 12.2. The number of carbonyl (C=O) groups is 2. The van der Waals surface area contributed by atoms with E-state index >= 15 is 0 Å². The maximum Gasteiger partial charge on any atom is 0.412 e. The average molecular weight is 554 g/mol. The first-order valence-corrected chi connectivity index (χ1v) is 12.1. The zero-order valence-electron chi connectivity index (χ0n) is 19.7. The Morgan fingerprint density at radius 3 is 2.53 bits per heavy atom. The third-order valence-electron chi connectivity index (χ3n) is 5.12. The van der Waals surface area contributed by atoms with Crippen LogP contribution in [0.4, 0.5) is 21.9 Å². The molecule has 0 spiro atoms. The molecule has 36 heavy (non-hydrogen) atoms. The van der Waals surface area contributed by atoms with Gasteiger partial charge in [0.25, 0.3) is 0 Å². The second kappa shape index (κ2) is 13.3. The molecule has 0 aliphatic carbocycles. The van der Waals surface area contributed by atoms with Crippen molar-refractivity contribution in [2.45, 2.75) is 13.0 Å². The molecule has 0 radical (unpaired) electrons. The second-order valence-electron chi connectivity index (χ2n) is 7.90. The minimum absolute atomic E-state index is 0.125. The maximum absolute atomic E-state index is 12.7. The van der Waals surface area contributed by atoms with Gasteiger partial charge in [0.05, 0.1) is 18.0 Å². The van der Waals surface area contributed by atoms with E-state index in [9.17, 15) is 9.59 Å². The van der Waals surface area contributed by atoms with Crippen LogP contribution in [0.5, 0.6) is 5.75 Å². The van der Waals surface area contributed by atoms with Gasteiger partial charge in [0, 0.05) is 16.1 Å². The van der Waals surface area contributed by atoms with Gasteiger partial charge < -0.3 is 25.6 Å². The number of para-hydroxylation sites is 2. The molecule has 0 aliphatic heterocycles. The van der Waals surface area contributed by atoms with Crippen molar-refractivity contribution in [3.8, 4) is 5.75 Å². The Morgan fingerprint density at radius 2 is 1.81 bits per heavy atom. The summed E-state index contributed by atoms with van der Waals surface area (Å²) in [7, 11) is 0. The third-order valence-corrected chi connectivity index (χ3v) is 5.65. The van der Waals surface area contributed by atoms with Gasteiger partial charge in [-0.3, -0.25) is 10.1 Å². The molecule has 0 aliphatic rings. The molecule has 2 amide bonds. The number of nitrogens with one attached hydrogen (secondary N) is 2. The van der Waals surface area contributed by atoms with Crippen LogP contribution in [0.25, 0.3) is 0 Å². The number of nitrogen functional groups attached to an aromatic ring is 1. The highest BCUT2D eigenvalue weighted by atomic mass is 79.9. The first-order chi connectivity index (χ1) is 17.4. The first-order valence-electron chi connectivity index (χ1n) is 11.3. The summed E-state index contributed by atoms with van der Waals surface area (Å²) in [4.78, 5) is 25.2. The topological polar surface area (TPSA) is 123 Å². The molecule has 0 unspecified atom stereocenters. The molecule has 0 fully saturated rings. The van der Waals surface area contributed by atoms with Crippen LogP contribution in [0.1, 0.15) is 18.6 Å². The van der Waals surface area contributed by atoms with Gasteiger partial charge in [0.1, 0.15) is 18.5 Å². The summed E-state index contributed by atoms with van der Waals surface area (Å²) in [5.74, 6) is -0.220. The van der Waals surface area contributed by atoms with Crippen LogP contribution >= 0.6 is 15.9 Å². The molecule has 0 aromatic heterocycles. The lowest BCUT2D eigenvalue weighted by molar-refractivity contribution is -0.111. The Balaban J connectivity index is 1.77. The van der Waals surface area contributed by atoms with Gasteiger partial charge in [0.15, 0.2) is 0 Å². The number of halogens is 1. The van der Waals surface area contributed by atoms with Gasteiger partial charge in [-0.1, -0.05) is 53.2 Å². The van der Waals surface area contributed by atoms with Crippen molar-refractivity contribution in [2.75, 3.05) is 29.6 Å². The Labute approximate surface area is 218 Å². The number of rotatable bonds is 10. The van der Waals surface area contributed by atoms with Crippen molar-refractivity contribution >= 4 is 45.0 Å². The van der Waals surface area contributed by atoms with Crippen LogP contribution in [0.15, 0.2) is 89.4 Å². The first kappa shape index (κ1) is 26.8. The summed E-state index contributed by atoms with van der Waals surface area (Å²) in [5, 5.41) is 14.5. The Kier molecular flexibility index (Phi) is 9.91. The number of carbonyl (C=O) groups excluding carboxylic acids is 2. The van der Waals surface area contributed by atoms with Gasteiger partial charge in [-0.15, -0.1) is 0 Å². The lowest BCUT2D eigenvalue weighted by Crippen LogP contribution is -2.21. The monoisotopic (exact) mass is 553 g/mol. The number of benzene rings is 3. The summed E-state index contributed by atoms with van der Waals surface area (Å²) >= 11 is 3.36. The fraction of sp³-hybridized carbons (Fsp3) is 0.185. The van der Waals surface area contributed by atoms with E-state index in [0.717, 1.165) is 4.47 Å². The van der Waals surface area contributed by atoms with E-state index in [-0.39, 0.29) is 25.0 Å². The van der Waals surface area contributed by atoms with Crippen LogP contribution in [0.2, 0.25) is 0 Å². The molecule has 5 N–H and O–H groups in total. The van der Waals surface area contributed by atoms with E-state index in [1.807, 2.05) is 6.92 Å². The molecule has 0 heterocycles. The Morgan fingerprint density at radius 1 is 1.06 bits per heavy atom. The van der Waals surface area contributed by atoms with E-state index in [1.54, 1.807) is 78.9 Å². The lowest BCUT2D eigenvalue weighted by Gasteiger charge is -2.23. The number of hydrogen-bond acceptors (Lipinski definition) is 6. The highest BCUT2D eigenvalue weighted by molar-refractivity contribution is 9.10. The zero-order valence-corrected chi connectivity index (χ0v) is 21.3. The largest absolute Gasteiger partial charge is 0.491 e. The molecule has 8 nitrogen and oxygen atoms in total. The lowest BCUT2D eigenvalue weighted by atomic mass is 9.96. The number of aliphatic hydroxyl groups is 1. The predicted molar refractivity (Wildman–Crippen MR) is 144 cm³/mol. The number of nitrogens with two attached hydrogens (primary N) is 1. The average Bonchev–Trinajstić information content (AvgIpc) is 2.87. The van der Waals surface area contributed by atoms with E-state index in [1.165, 1.54) is 6.08 Å². The summed E-state index contributed by atoms with van der Waals surface area (Å²) in [6, 6.07) is 21.1. The van der Waals surface area contributed by atoms with Crippen LogP contribution in [-0.4, -0.2) is 30.3 Å². The summed E-state index contributed by atoms with van der Waals surface area (Å²) in [6.07, 6.45) is 1.66. The normalized spacial score (nSPS) is 12.5. The maximum atomic E-state index is 12.7. The molecular weight excluding hydrogens is 526 g/mol. The molecule has 2 atom stereocenters. The van der Waals surface area contributed by atoms with Crippen molar-refractivity contribution in [2.24, 2.45) is 5.92 Å².